The number of para-hydroxylation sites is 3. The van der Waals surface area contributed by atoms with Gasteiger partial charge < -0.3 is 14.5 Å². The number of carbonyl (C=O) groups excluding carboxylic acids is 1. The van der Waals surface area contributed by atoms with Crippen molar-refractivity contribution in [3.63, 3.8) is 0 Å². The number of nitrogens with zero attached hydrogens (tertiary/aromatic N) is 2. The standard InChI is InChI=1S/C28H24N2O2/c1-29-25-11-4-3-8-23(25)19-30(27-13-6-5-12-26(27)29)28(31)21-16-14-20(15-17-21)22-9-7-10-24(18-22)32-2/h3-18H,19H2,1-2H3. The molecular weight excluding hydrogens is 396 g/mol. The van der Waals surface area contributed by atoms with Crippen LogP contribution in [0.25, 0.3) is 11.1 Å². The molecule has 0 spiro atoms. The maximum atomic E-state index is 13.7. The van der Waals surface area contributed by atoms with E-state index in [1.807, 2.05) is 83.8 Å². The predicted octanol–water partition coefficient (Wildman–Crippen LogP) is 6.29. The Balaban J connectivity index is 1.51. The van der Waals surface area contributed by atoms with E-state index in [1.165, 1.54) is 0 Å². The van der Waals surface area contributed by atoms with Gasteiger partial charge in [0.15, 0.2) is 0 Å². The molecule has 1 heterocycles. The molecule has 1 amide bonds. The maximum Gasteiger partial charge on any atom is 0.258 e. The largest absolute Gasteiger partial charge is 0.497 e. The van der Waals surface area contributed by atoms with Gasteiger partial charge in [-0.25, -0.2) is 0 Å². The Morgan fingerprint density at radius 3 is 2.19 bits per heavy atom. The summed E-state index contributed by atoms with van der Waals surface area (Å²) in [5.74, 6) is 0.798. The van der Waals surface area contributed by atoms with E-state index in [4.69, 9.17) is 4.74 Å². The van der Waals surface area contributed by atoms with Crippen molar-refractivity contribution in [2.45, 2.75) is 6.54 Å². The lowest BCUT2D eigenvalue weighted by Crippen LogP contribution is -2.30. The average Bonchev–Trinajstić information content (AvgIpc) is 2.99. The van der Waals surface area contributed by atoms with Gasteiger partial charge in [-0.15, -0.1) is 0 Å². The zero-order chi connectivity index (χ0) is 22.1. The summed E-state index contributed by atoms with van der Waals surface area (Å²) < 4.78 is 5.34. The second kappa shape index (κ2) is 8.23. The third-order valence-corrected chi connectivity index (χ3v) is 6.00. The Bertz CT molecular complexity index is 1280. The molecule has 0 atom stereocenters. The summed E-state index contributed by atoms with van der Waals surface area (Å²) in [5.41, 5.74) is 6.91. The van der Waals surface area contributed by atoms with E-state index in [0.717, 1.165) is 39.5 Å². The van der Waals surface area contributed by atoms with Crippen molar-refractivity contribution in [2.75, 3.05) is 24.0 Å². The molecule has 4 nitrogen and oxygen atoms in total. The predicted molar refractivity (Wildman–Crippen MR) is 130 cm³/mol. The molecule has 32 heavy (non-hydrogen) atoms. The molecule has 0 aliphatic carbocycles. The Kier molecular flexibility index (Phi) is 5.12. The van der Waals surface area contributed by atoms with Crippen LogP contribution in [-0.2, 0) is 6.54 Å². The van der Waals surface area contributed by atoms with E-state index in [-0.39, 0.29) is 5.91 Å². The summed E-state index contributed by atoms with van der Waals surface area (Å²) in [4.78, 5) is 17.7. The number of anilines is 3. The van der Waals surface area contributed by atoms with Crippen LogP contribution in [0.2, 0.25) is 0 Å². The Morgan fingerprint density at radius 1 is 0.750 bits per heavy atom. The highest BCUT2D eigenvalue weighted by atomic mass is 16.5. The molecule has 5 rings (SSSR count). The van der Waals surface area contributed by atoms with Gasteiger partial charge in [0, 0.05) is 18.3 Å². The zero-order valence-corrected chi connectivity index (χ0v) is 18.2. The Labute approximate surface area is 188 Å². The number of methoxy groups -OCH3 is 1. The number of ether oxygens (including phenoxy) is 1. The van der Waals surface area contributed by atoms with Crippen LogP contribution in [0.15, 0.2) is 97.1 Å². The molecule has 158 valence electrons. The van der Waals surface area contributed by atoms with Gasteiger partial charge in [0.25, 0.3) is 5.91 Å². The first-order valence-corrected chi connectivity index (χ1v) is 10.6. The van der Waals surface area contributed by atoms with Crippen LogP contribution in [0, 0.1) is 0 Å². The molecule has 4 heteroatoms. The van der Waals surface area contributed by atoms with Crippen LogP contribution >= 0.6 is 0 Å². The van der Waals surface area contributed by atoms with Crippen molar-refractivity contribution in [3.05, 3.63) is 108 Å². The highest BCUT2D eigenvalue weighted by Gasteiger charge is 2.27. The van der Waals surface area contributed by atoms with Gasteiger partial charge in [0.2, 0.25) is 0 Å². The van der Waals surface area contributed by atoms with Gasteiger partial charge in [-0.1, -0.05) is 54.6 Å². The molecule has 0 bridgehead atoms. The second-order valence-electron chi connectivity index (χ2n) is 7.88. The maximum absolute atomic E-state index is 13.7. The Morgan fingerprint density at radius 2 is 1.44 bits per heavy atom. The van der Waals surface area contributed by atoms with Crippen LogP contribution in [0.3, 0.4) is 0 Å². The molecule has 4 aromatic rings. The monoisotopic (exact) mass is 420 g/mol. The van der Waals surface area contributed by atoms with Gasteiger partial charge in [-0.2, -0.15) is 0 Å². The van der Waals surface area contributed by atoms with Gasteiger partial charge in [-0.05, 0) is 59.2 Å². The van der Waals surface area contributed by atoms with Crippen LogP contribution in [0.4, 0.5) is 17.1 Å². The minimum Gasteiger partial charge on any atom is -0.497 e. The van der Waals surface area contributed by atoms with E-state index < -0.39 is 0 Å². The molecule has 1 aliphatic heterocycles. The van der Waals surface area contributed by atoms with Crippen molar-refractivity contribution in [1.29, 1.82) is 0 Å². The normalized spacial score (nSPS) is 12.6. The molecule has 0 unspecified atom stereocenters. The van der Waals surface area contributed by atoms with Gasteiger partial charge in [0.05, 0.1) is 25.0 Å². The summed E-state index contributed by atoms with van der Waals surface area (Å²) in [5, 5.41) is 0. The molecule has 0 radical (unpaired) electrons. The highest BCUT2D eigenvalue weighted by molar-refractivity contribution is 6.08. The van der Waals surface area contributed by atoms with Crippen LogP contribution < -0.4 is 14.5 Å². The van der Waals surface area contributed by atoms with Crippen molar-refractivity contribution in [3.8, 4) is 16.9 Å². The van der Waals surface area contributed by atoms with Crippen LogP contribution in [-0.4, -0.2) is 20.1 Å². The minimum absolute atomic E-state index is 0.0141. The number of hydrogen-bond acceptors (Lipinski definition) is 3. The summed E-state index contributed by atoms with van der Waals surface area (Å²) >= 11 is 0. The first kappa shape index (κ1) is 19.9. The summed E-state index contributed by atoms with van der Waals surface area (Å²) in [6, 6.07) is 32.0. The number of amides is 1. The molecule has 0 N–H and O–H groups in total. The zero-order valence-electron chi connectivity index (χ0n) is 18.2. The van der Waals surface area contributed by atoms with Crippen LogP contribution in [0.5, 0.6) is 5.75 Å². The van der Waals surface area contributed by atoms with E-state index in [1.54, 1.807) is 7.11 Å². The number of hydrogen-bond donors (Lipinski definition) is 0. The number of fused-ring (bicyclic) bond motifs is 2. The highest BCUT2D eigenvalue weighted by Crippen LogP contribution is 2.40. The number of rotatable bonds is 3. The SMILES string of the molecule is COc1cccc(-c2ccc(C(=O)N3Cc4ccccc4N(C)c4ccccc43)cc2)c1. The van der Waals surface area contributed by atoms with Crippen LogP contribution in [0.1, 0.15) is 15.9 Å². The third kappa shape index (κ3) is 3.50. The molecule has 1 aliphatic rings. The minimum atomic E-state index is -0.0141. The second-order valence-corrected chi connectivity index (χ2v) is 7.88. The van der Waals surface area contributed by atoms with Crippen molar-refractivity contribution >= 4 is 23.0 Å². The molecule has 0 saturated heterocycles. The number of carbonyl (C=O) groups is 1. The lowest BCUT2D eigenvalue weighted by molar-refractivity contribution is 0.0985. The Hall–Kier alpha value is -4.05. The fourth-order valence-corrected chi connectivity index (χ4v) is 4.28. The van der Waals surface area contributed by atoms with Gasteiger partial charge in [0.1, 0.15) is 5.75 Å². The van der Waals surface area contributed by atoms with Crippen molar-refractivity contribution < 1.29 is 9.53 Å². The van der Waals surface area contributed by atoms with Gasteiger partial charge >= 0.3 is 0 Å². The van der Waals surface area contributed by atoms with E-state index in [2.05, 4.69) is 30.1 Å². The summed E-state index contributed by atoms with van der Waals surface area (Å²) in [6.45, 7) is 0.522. The lowest BCUT2D eigenvalue weighted by atomic mass is 10.0. The third-order valence-electron chi connectivity index (χ3n) is 6.00. The van der Waals surface area contributed by atoms with E-state index in [0.29, 0.717) is 12.1 Å². The molecule has 0 saturated carbocycles. The molecular formula is C28H24N2O2. The average molecular weight is 421 g/mol. The lowest BCUT2D eigenvalue weighted by Gasteiger charge is -2.24. The molecule has 4 aromatic carbocycles. The topological polar surface area (TPSA) is 32.8 Å². The van der Waals surface area contributed by atoms with E-state index >= 15 is 0 Å². The van der Waals surface area contributed by atoms with Gasteiger partial charge in [-0.3, -0.25) is 4.79 Å². The molecule has 0 fully saturated rings. The fourth-order valence-electron chi connectivity index (χ4n) is 4.28. The first-order chi connectivity index (χ1) is 15.7. The summed E-state index contributed by atoms with van der Waals surface area (Å²) in [7, 11) is 3.71. The molecule has 0 aromatic heterocycles. The summed E-state index contributed by atoms with van der Waals surface area (Å²) in [6.07, 6.45) is 0. The smallest absolute Gasteiger partial charge is 0.258 e. The van der Waals surface area contributed by atoms with Crippen molar-refractivity contribution in [1.82, 2.24) is 0 Å². The number of benzene rings is 4. The van der Waals surface area contributed by atoms with E-state index in [9.17, 15) is 4.79 Å². The first-order valence-electron chi connectivity index (χ1n) is 10.6. The fraction of sp³-hybridized carbons (Fsp3) is 0.107. The van der Waals surface area contributed by atoms with Crippen molar-refractivity contribution in [2.24, 2.45) is 0 Å². The quantitative estimate of drug-likeness (QED) is 0.390.